The van der Waals surface area contributed by atoms with Crippen molar-refractivity contribution in [2.45, 2.75) is 25.3 Å². The van der Waals surface area contributed by atoms with Crippen molar-refractivity contribution in [1.82, 2.24) is 10.2 Å². The van der Waals surface area contributed by atoms with Crippen LogP contribution in [-0.2, 0) is 9.59 Å². The number of rotatable bonds is 3. The van der Waals surface area contributed by atoms with E-state index in [9.17, 15) is 14.4 Å². The van der Waals surface area contributed by atoms with E-state index in [2.05, 4.69) is 11.2 Å². The Labute approximate surface area is 127 Å². The molecule has 1 N–H and O–H groups in total. The molecule has 1 aromatic carbocycles. The van der Waals surface area contributed by atoms with Gasteiger partial charge in [0.25, 0.3) is 0 Å². The second kappa shape index (κ2) is 5.98. The number of benzene rings is 1. The van der Waals surface area contributed by atoms with E-state index in [0.717, 1.165) is 4.90 Å². The van der Waals surface area contributed by atoms with Gasteiger partial charge in [0.05, 0.1) is 0 Å². The molecule has 6 heteroatoms. The number of imide groups is 2. The van der Waals surface area contributed by atoms with E-state index in [1.165, 1.54) is 6.07 Å². The summed E-state index contributed by atoms with van der Waals surface area (Å²) in [6.07, 6.45) is 5.76. The molecule has 2 atom stereocenters. The van der Waals surface area contributed by atoms with Gasteiger partial charge in [0.1, 0.15) is 12.0 Å². The lowest BCUT2D eigenvalue weighted by Crippen LogP contribution is -2.59. The SMILES string of the molecule is C#CC(CC)N1C(=O)NC(=O)C(c2cccc(Cl)c2)C1=O. The van der Waals surface area contributed by atoms with Crippen LogP contribution < -0.4 is 5.32 Å². The van der Waals surface area contributed by atoms with Crippen molar-refractivity contribution < 1.29 is 14.4 Å². The fraction of sp³-hybridized carbons (Fsp3) is 0.267. The number of terminal acetylenes is 1. The highest BCUT2D eigenvalue weighted by atomic mass is 35.5. The molecule has 5 nitrogen and oxygen atoms in total. The van der Waals surface area contributed by atoms with Crippen molar-refractivity contribution in [3.8, 4) is 12.3 Å². The largest absolute Gasteiger partial charge is 0.331 e. The maximum Gasteiger partial charge on any atom is 0.331 e. The summed E-state index contributed by atoms with van der Waals surface area (Å²) in [6, 6.07) is 4.93. The molecule has 0 bridgehead atoms. The maximum absolute atomic E-state index is 12.5. The van der Waals surface area contributed by atoms with Crippen LogP contribution in [0.4, 0.5) is 4.79 Å². The van der Waals surface area contributed by atoms with Gasteiger partial charge in [0.15, 0.2) is 0 Å². The molecule has 0 spiro atoms. The Morgan fingerprint density at radius 1 is 1.43 bits per heavy atom. The van der Waals surface area contributed by atoms with E-state index in [1.807, 2.05) is 0 Å². The van der Waals surface area contributed by atoms with Crippen LogP contribution in [0.2, 0.25) is 5.02 Å². The van der Waals surface area contributed by atoms with E-state index in [4.69, 9.17) is 18.0 Å². The molecular formula is C15H13ClN2O3. The molecule has 21 heavy (non-hydrogen) atoms. The second-order valence-corrected chi connectivity index (χ2v) is 5.02. The average Bonchev–Trinajstić information content (AvgIpc) is 2.43. The summed E-state index contributed by atoms with van der Waals surface area (Å²) in [5.41, 5.74) is 0.425. The number of amides is 4. The number of carbonyl (C=O) groups excluding carboxylic acids is 3. The highest BCUT2D eigenvalue weighted by Crippen LogP contribution is 2.26. The number of nitrogens with one attached hydrogen (secondary N) is 1. The number of hydrogen-bond donors (Lipinski definition) is 1. The van der Waals surface area contributed by atoms with Crippen LogP contribution in [-0.4, -0.2) is 28.8 Å². The minimum atomic E-state index is -1.12. The lowest BCUT2D eigenvalue weighted by Gasteiger charge is -2.33. The van der Waals surface area contributed by atoms with Gasteiger partial charge in [0.2, 0.25) is 11.8 Å². The van der Waals surface area contributed by atoms with Crippen molar-refractivity contribution in [3.63, 3.8) is 0 Å². The minimum Gasteiger partial charge on any atom is -0.277 e. The molecule has 0 radical (unpaired) electrons. The van der Waals surface area contributed by atoms with Crippen molar-refractivity contribution >= 4 is 29.4 Å². The highest BCUT2D eigenvalue weighted by molar-refractivity contribution is 6.30. The molecule has 1 aromatic rings. The van der Waals surface area contributed by atoms with Crippen LogP contribution in [0.5, 0.6) is 0 Å². The minimum absolute atomic E-state index is 0.403. The van der Waals surface area contributed by atoms with Crippen LogP contribution >= 0.6 is 11.6 Å². The Kier molecular flexibility index (Phi) is 4.29. The molecular weight excluding hydrogens is 292 g/mol. The van der Waals surface area contributed by atoms with Gasteiger partial charge < -0.3 is 0 Å². The van der Waals surface area contributed by atoms with Gasteiger partial charge in [0, 0.05) is 5.02 Å². The summed E-state index contributed by atoms with van der Waals surface area (Å²) in [4.78, 5) is 37.3. The third-order valence-corrected chi connectivity index (χ3v) is 3.50. The summed E-state index contributed by atoms with van der Waals surface area (Å²) in [5.74, 6) is -0.0339. The predicted molar refractivity (Wildman–Crippen MR) is 77.5 cm³/mol. The third kappa shape index (κ3) is 2.76. The Bertz CT molecular complexity index is 651. The van der Waals surface area contributed by atoms with Crippen molar-refractivity contribution in [2.24, 2.45) is 0 Å². The van der Waals surface area contributed by atoms with Crippen molar-refractivity contribution in [1.29, 1.82) is 0 Å². The number of carbonyl (C=O) groups is 3. The summed E-state index contributed by atoms with van der Waals surface area (Å²) >= 11 is 5.89. The Balaban J connectivity index is 2.43. The molecule has 4 amide bonds. The van der Waals surface area contributed by atoms with Gasteiger partial charge >= 0.3 is 6.03 Å². The Hall–Kier alpha value is -2.32. The van der Waals surface area contributed by atoms with Gasteiger partial charge in [-0.1, -0.05) is 36.6 Å². The molecule has 1 aliphatic heterocycles. The molecule has 0 aromatic heterocycles. The summed E-state index contributed by atoms with van der Waals surface area (Å²) in [7, 11) is 0. The van der Waals surface area contributed by atoms with E-state index in [-0.39, 0.29) is 0 Å². The lowest BCUT2D eigenvalue weighted by atomic mass is 9.94. The molecule has 0 saturated carbocycles. The van der Waals surface area contributed by atoms with Crippen molar-refractivity contribution in [3.05, 3.63) is 34.9 Å². The number of urea groups is 1. The molecule has 1 fully saturated rings. The highest BCUT2D eigenvalue weighted by Gasteiger charge is 2.43. The Morgan fingerprint density at radius 3 is 2.71 bits per heavy atom. The first-order valence-corrected chi connectivity index (χ1v) is 6.76. The van der Waals surface area contributed by atoms with Gasteiger partial charge in [-0.05, 0) is 24.1 Å². The monoisotopic (exact) mass is 304 g/mol. The molecule has 2 rings (SSSR count). The number of barbiturate groups is 1. The first kappa shape index (κ1) is 15.1. The van der Waals surface area contributed by atoms with Gasteiger partial charge in [-0.2, -0.15) is 0 Å². The fourth-order valence-electron chi connectivity index (χ4n) is 2.24. The quantitative estimate of drug-likeness (QED) is 0.685. The zero-order valence-corrected chi connectivity index (χ0v) is 12.1. The van der Waals surface area contributed by atoms with Crippen LogP contribution in [0.1, 0.15) is 24.8 Å². The number of hydrogen-bond acceptors (Lipinski definition) is 3. The molecule has 0 aliphatic carbocycles. The van der Waals surface area contributed by atoms with E-state index >= 15 is 0 Å². The van der Waals surface area contributed by atoms with Crippen LogP contribution in [0.3, 0.4) is 0 Å². The standard InChI is InChI=1S/C15H13ClN2O3/c1-3-11(4-2)18-14(20)12(13(19)17-15(18)21)9-6-5-7-10(16)8-9/h1,5-8,11-12H,4H2,2H3,(H,17,19,21). The predicted octanol–water partition coefficient (Wildman–Crippen LogP) is 1.91. The normalized spacial score (nSPS) is 20.0. The van der Waals surface area contributed by atoms with Crippen LogP contribution in [0.25, 0.3) is 0 Å². The van der Waals surface area contributed by atoms with Crippen molar-refractivity contribution in [2.75, 3.05) is 0 Å². The first-order chi connectivity index (χ1) is 9.99. The second-order valence-electron chi connectivity index (χ2n) is 4.58. The zero-order valence-electron chi connectivity index (χ0n) is 11.3. The fourth-order valence-corrected chi connectivity index (χ4v) is 2.44. The maximum atomic E-state index is 12.5. The molecule has 108 valence electrons. The molecule has 1 saturated heterocycles. The lowest BCUT2D eigenvalue weighted by molar-refractivity contribution is -0.139. The summed E-state index contributed by atoms with van der Waals surface area (Å²) < 4.78 is 0. The third-order valence-electron chi connectivity index (χ3n) is 3.27. The summed E-state index contributed by atoms with van der Waals surface area (Å²) in [6.45, 7) is 1.76. The Morgan fingerprint density at radius 2 is 2.14 bits per heavy atom. The number of nitrogens with zero attached hydrogens (tertiary/aromatic N) is 1. The van der Waals surface area contributed by atoms with E-state index in [1.54, 1.807) is 25.1 Å². The number of halogens is 1. The van der Waals surface area contributed by atoms with Crippen LogP contribution in [0, 0.1) is 12.3 Å². The first-order valence-electron chi connectivity index (χ1n) is 6.39. The molecule has 1 heterocycles. The van der Waals surface area contributed by atoms with E-state index < -0.39 is 29.8 Å². The average molecular weight is 305 g/mol. The van der Waals surface area contributed by atoms with Gasteiger partial charge in [-0.15, -0.1) is 6.42 Å². The smallest absolute Gasteiger partial charge is 0.277 e. The topological polar surface area (TPSA) is 66.5 Å². The van der Waals surface area contributed by atoms with Gasteiger partial charge in [-0.3, -0.25) is 14.9 Å². The molecule has 2 unspecified atom stereocenters. The molecule has 1 aliphatic rings. The van der Waals surface area contributed by atoms with E-state index in [0.29, 0.717) is 17.0 Å². The summed E-state index contributed by atoms with van der Waals surface area (Å²) in [5, 5.41) is 2.57. The van der Waals surface area contributed by atoms with Crippen LogP contribution in [0.15, 0.2) is 24.3 Å². The van der Waals surface area contributed by atoms with Gasteiger partial charge in [-0.25, -0.2) is 9.69 Å². The zero-order chi connectivity index (χ0) is 15.6.